The van der Waals surface area contributed by atoms with Crippen molar-refractivity contribution in [1.82, 2.24) is 9.97 Å². The Labute approximate surface area is 234 Å². The maximum absolute atomic E-state index is 8.56. The zero-order chi connectivity index (χ0) is 26.0. The Hall–Kier alpha value is -2.69. The summed E-state index contributed by atoms with van der Waals surface area (Å²) in [5, 5.41) is 17.1. The molecular formula is C32H35IrN2O2-. The van der Waals surface area contributed by atoms with Crippen molar-refractivity contribution >= 4 is 0 Å². The van der Waals surface area contributed by atoms with E-state index in [1.165, 1.54) is 33.4 Å². The molecule has 2 unspecified atom stereocenters. The fourth-order valence-corrected chi connectivity index (χ4v) is 5.04. The number of aliphatic hydroxyl groups excluding tert-OH is 2. The molecule has 195 valence electrons. The van der Waals surface area contributed by atoms with E-state index in [9.17, 15) is 0 Å². The van der Waals surface area contributed by atoms with Crippen LogP contribution < -0.4 is 0 Å². The monoisotopic (exact) mass is 672 g/mol. The Kier molecular flexibility index (Phi) is 9.20. The minimum atomic E-state index is -0.375. The Morgan fingerprint density at radius 1 is 0.865 bits per heavy atom. The molecule has 4 nitrogen and oxygen atoms in total. The van der Waals surface area contributed by atoms with Crippen molar-refractivity contribution in [3.63, 3.8) is 0 Å². The second-order valence-electron chi connectivity index (χ2n) is 10.3. The first kappa shape index (κ1) is 28.9. The third kappa shape index (κ3) is 6.24. The van der Waals surface area contributed by atoms with Crippen molar-refractivity contribution in [2.45, 2.75) is 65.6 Å². The van der Waals surface area contributed by atoms with E-state index in [0.717, 1.165) is 22.6 Å². The number of nitrogens with zero attached hydrogens (tertiary/aromatic N) is 2. The Morgan fingerprint density at radius 3 is 2.16 bits per heavy atom. The van der Waals surface area contributed by atoms with Gasteiger partial charge in [0.05, 0.1) is 17.9 Å². The molecule has 4 aromatic rings. The molecule has 0 saturated heterocycles. The van der Waals surface area contributed by atoms with Crippen LogP contribution in [0, 0.1) is 19.9 Å². The molecule has 1 aliphatic carbocycles. The van der Waals surface area contributed by atoms with Gasteiger partial charge in [-0.05, 0) is 68.0 Å². The Morgan fingerprint density at radius 2 is 1.51 bits per heavy atom. The quantitative estimate of drug-likeness (QED) is 0.238. The number of aryl methyl sites for hydroxylation is 2. The number of benzene rings is 3. The zero-order valence-corrected chi connectivity index (χ0v) is 24.7. The molecule has 1 radical (unpaired) electrons. The second-order valence-corrected chi connectivity index (χ2v) is 10.3. The molecular weight excluding hydrogens is 637 g/mol. The van der Waals surface area contributed by atoms with Crippen molar-refractivity contribution in [2.75, 3.05) is 0 Å². The van der Waals surface area contributed by atoms with Crippen molar-refractivity contribution in [1.29, 1.82) is 0 Å². The fourth-order valence-electron chi connectivity index (χ4n) is 5.04. The second kappa shape index (κ2) is 11.8. The molecule has 3 aromatic carbocycles. The van der Waals surface area contributed by atoms with Gasteiger partial charge in [-0.25, -0.2) is 0 Å². The summed E-state index contributed by atoms with van der Waals surface area (Å²) < 4.78 is 0. The third-order valence-electron chi connectivity index (χ3n) is 6.72. The zero-order valence-electron chi connectivity index (χ0n) is 22.3. The van der Waals surface area contributed by atoms with Gasteiger partial charge in [0.15, 0.2) is 0 Å². The molecule has 37 heavy (non-hydrogen) atoms. The molecule has 0 fully saturated rings. The molecule has 0 spiro atoms. The first-order valence-electron chi connectivity index (χ1n) is 12.5. The summed E-state index contributed by atoms with van der Waals surface area (Å²) in [6.07, 6.45) is 1.54. The maximum atomic E-state index is 8.56. The fraction of sp³-hybridized carbons (Fsp3) is 0.312. The van der Waals surface area contributed by atoms with Gasteiger partial charge in [-0.15, -0.1) is 35.4 Å². The summed E-state index contributed by atoms with van der Waals surface area (Å²) >= 11 is 0. The van der Waals surface area contributed by atoms with Gasteiger partial charge in [-0.1, -0.05) is 50.2 Å². The van der Waals surface area contributed by atoms with Gasteiger partial charge in [0.2, 0.25) is 0 Å². The summed E-state index contributed by atoms with van der Waals surface area (Å²) in [7, 11) is 0. The van der Waals surface area contributed by atoms with Crippen LogP contribution in [-0.4, -0.2) is 32.4 Å². The van der Waals surface area contributed by atoms with Gasteiger partial charge in [-0.2, -0.15) is 0 Å². The topological polar surface area (TPSA) is 66.2 Å². The first-order chi connectivity index (χ1) is 17.1. The standard InChI is InChI=1S/C27H23N2.C5H12O2.Ir/c1-17-16-28-26(18(2)29-17)21-9-7-8-19(14-21)20-12-13-25-23(15-20)22-10-5-6-11-24(22)27(25,3)4;1-4(6)3-5(2)7;/h5-8,10-16H,1-4H3;4-7H,3H2,1-2H3;/q-1;;. The molecule has 5 heteroatoms. The minimum Gasteiger partial charge on any atom is -0.393 e. The molecule has 1 heterocycles. The van der Waals surface area contributed by atoms with E-state index in [4.69, 9.17) is 10.2 Å². The van der Waals surface area contributed by atoms with Crippen molar-refractivity contribution in [2.24, 2.45) is 0 Å². The summed E-state index contributed by atoms with van der Waals surface area (Å²) in [5.74, 6) is 0. The molecule has 0 saturated carbocycles. The number of hydrogen-bond acceptors (Lipinski definition) is 4. The molecule has 0 amide bonds. The van der Waals surface area contributed by atoms with Crippen LogP contribution in [-0.2, 0) is 25.5 Å². The average Bonchev–Trinajstić information content (AvgIpc) is 3.05. The van der Waals surface area contributed by atoms with E-state index in [1.807, 2.05) is 26.1 Å². The van der Waals surface area contributed by atoms with E-state index in [2.05, 4.69) is 84.5 Å². The number of fused-ring (bicyclic) bond motifs is 3. The van der Waals surface area contributed by atoms with E-state index >= 15 is 0 Å². The largest absolute Gasteiger partial charge is 0.393 e. The maximum Gasteiger partial charge on any atom is 0.0539 e. The number of rotatable bonds is 4. The minimum absolute atomic E-state index is 0. The molecule has 1 aliphatic rings. The van der Waals surface area contributed by atoms with E-state index in [1.54, 1.807) is 13.8 Å². The van der Waals surface area contributed by atoms with Gasteiger partial charge in [0, 0.05) is 43.1 Å². The van der Waals surface area contributed by atoms with E-state index in [-0.39, 0.29) is 37.7 Å². The van der Waals surface area contributed by atoms with Gasteiger partial charge >= 0.3 is 0 Å². The van der Waals surface area contributed by atoms with Crippen molar-refractivity contribution in [3.05, 3.63) is 95.4 Å². The summed E-state index contributed by atoms with van der Waals surface area (Å²) in [6.45, 7) is 11.9. The average molecular weight is 672 g/mol. The van der Waals surface area contributed by atoms with Crippen LogP contribution >= 0.6 is 0 Å². The molecule has 5 rings (SSSR count). The van der Waals surface area contributed by atoms with E-state index < -0.39 is 0 Å². The van der Waals surface area contributed by atoms with Crippen LogP contribution in [0.2, 0.25) is 0 Å². The van der Waals surface area contributed by atoms with Crippen LogP contribution in [0.25, 0.3) is 33.5 Å². The number of aliphatic hydroxyl groups is 2. The Bertz CT molecular complexity index is 1370. The molecule has 0 bridgehead atoms. The third-order valence-corrected chi connectivity index (χ3v) is 6.72. The van der Waals surface area contributed by atoms with Gasteiger partial charge in [0.1, 0.15) is 0 Å². The van der Waals surface area contributed by atoms with Crippen molar-refractivity contribution in [3.8, 4) is 33.5 Å². The molecule has 0 aliphatic heterocycles. The van der Waals surface area contributed by atoms with Crippen molar-refractivity contribution < 1.29 is 30.3 Å². The summed E-state index contributed by atoms with van der Waals surface area (Å²) in [5.41, 5.74) is 11.6. The van der Waals surface area contributed by atoms with Gasteiger partial charge in [-0.3, -0.25) is 4.98 Å². The Balaban J connectivity index is 0.000000422. The number of aromatic nitrogens is 2. The normalized spacial score (nSPS) is 14.4. The van der Waals surface area contributed by atoms with Crippen LogP contribution in [0.3, 0.4) is 0 Å². The van der Waals surface area contributed by atoms with Gasteiger partial charge < -0.3 is 15.2 Å². The van der Waals surface area contributed by atoms with Gasteiger partial charge in [0.25, 0.3) is 0 Å². The van der Waals surface area contributed by atoms with E-state index in [0.29, 0.717) is 6.42 Å². The first-order valence-corrected chi connectivity index (χ1v) is 12.5. The number of hydrogen-bond donors (Lipinski definition) is 2. The van der Waals surface area contributed by atoms with Crippen LogP contribution in [0.15, 0.2) is 66.9 Å². The molecule has 1 aromatic heterocycles. The van der Waals surface area contributed by atoms with Crippen LogP contribution in [0.5, 0.6) is 0 Å². The predicted octanol–water partition coefficient (Wildman–Crippen LogP) is 6.67. The summed E-state index contributed by atoms with van der Waals surface area (Å²) in [6, 6.07) is 25.2. The molecule has 2 N–H and O–H groups in total. The van der Waals surface area contributed by atoms with Crippen LogP contribution in [0.1, 0.15) is 56.6 Å². The predicted molar refractivity (Wildman–Crippen MR) is 147 cm³/mol. The van der Waals surface area contributed by atoms with Crippen LogP contribution in [0.4, 0.5) is 0 Å². The molecule has 2 atom stereocenters. The summed E-state index contributed by atoms with van der Waals surface area (Å²) in [4.78, 5) is 9.15. The SMILES string of the molecule is CC(O)CC(C)O.Cc1cnc(-c2[c-]ccc(-c3ccc4c(c3)-c3ccccc3C4(C)C)c2)c(C)n1.[Ir]. The smallest absolute Gasteiger partial charge is 0.0539 e.